The summed E-state index contributed by atoms with van der Waals surface area (Å²) in [6.07, 6.45) is 5.60. The Bertz CT molecular complexity index is 1230. The molecular formula is C24H31N7O4. The van der Waals surface area contributed by atoms with E-state index in [1.54, 1.807) is 17.1 Å². The number of likely N-dealkylation sites (tertiary alicyclic amines) is 1. The molecule has 0 radical (unpaired) electrons. The highest BCUT2D eigenvalue weighted by atomic mass is 16.5. The highest BCUT2D eigenvalue weighted by molar-refractivity contribution is 5.96. The molecule has 2 fully saturated rings. The van der Waals surface area contributed by atoms with Crippen molar-refractivity contribution in [3.05, 3.63) is 18.2 Å². The van der Waals surface area contributed by atoms with E-state index in [0.29, 0.717) is 42.8 Å². The van der Waals surface area contributed by atoms with Gasteiger partial charge in [0.05, 0.1) is 42.3 Å². The minimum Gasteiger partial charge on any atom is -0.466 e. The molecule has 1 amide bonds. The number of aromatic nitrogens is 5. The van der Waals surface area contributed by atoms with Crippen LogP contribution in [0.5, 0.6) is 0 Å². The van der Waals surface area contributed by atoms with Gasteiger partial charge in [-0.3, -0.25) is 9.59 Å². The van der Waals surface area contributed by atoms with Crippen LogP contribution in [0.3, 0.4) is 0 Å². The number of amides is 1. The molecule has 0 aliphatic carbocycles. The SMILES string of the molecule is CCn1ncc2c(NC3CCOC(=O)C3)c(-c3nc(CC(=O)N4CC(C)CC(C)C4)no3)cnc21. The predicted molar refractivity (Wildman–Crippen MR) is 127 cm³/mol. The Balaban J connectivity index is 1.42. The summed E-state index contributed by atoms with van der Waals surface area (Å²) in [5.74, 6) is 1.35. The Morgan fingerprint density at radius 3 is 2.77 bits per heavy atom. The molecule has 1 N–H and O–H groups in total. The molecule has 0 spiro atoms. The standard InChI is InChI=1S/C24H31N7O4/c1-4-31-23-17(11-26-31)22(27-16-5-6-34-21(33)8-16)18(10-25-23)24-28-19(29-35-24)9-20(32)30-12-14(2)7-15(3)13-30/h10-11,14-16H,4-9,12-13H2,1-3H3,(H,25,27). The second kappa shape index (κ2) is 9.63. The lowest BCUT2D eigenvalue weighted by molar-refractivity contribution is -0.147. The lowest BCUT2D eigenvalue weighted by atomic mass is 9.92. The van der Waals surface area contributed by atoms with Crippen LogP contribution in [0.4, 0.5) is 5.69 Å². The van der Waals surface area contributed by atoms with Crippen molar-refractivity contribution in [1.82, 2.24) is 29.8 Å². The fourth-order valence-corrected chi connectivity index (χ4v) is 5.13. The molecule has 11 heteroatoms. The molecule has 2 aliphatic rings. The van der Waals surface area contributed by atoms with Crippen LogP contribution < -0.4 is 5.32 Å². The van der Waals surface area contributed by atoms with Crippen LogP contribution in [0.1, 0.15) is 45.9 Å². The average molecular weight is 482 g/mol. The minimum absolute atomic E-state index is 0.00705. The molecule has 5 heterocycles. The lowest BCUT2D eigenvalue weighted by Crippen LogP contribution is -2.43. The van der Waals surface area contributed by atoms with E-state index in [4.69, 9.17) is 9.26 Å². The Morgan fingerprint density at radius 2 is 2.03 bits per heavy atom. The van der Waals surface area contributed by atoms with E-state index < -0.39 is 0 Å². The molecule has 3 aromatic heterocycles. The first kappa shape index (κ1) is 23.3. The first-order chi connectivity index (χ1) is 16.9. The van der Waals surface area contributed by atoms with Gasteiger partial charge in [-0.25, -0.2) is 9.67 Å². The van der Waals surface area contributed by atoms with Crippen LogP contribution in [0.25, 0.3) is 22.5 Å². The number of fused-ring (bicyclic) bond motifs is 1. The zero-order chi connectivity index (χ0) is 24.5. The predicted octanol–water partition coefficient (Wildman–Crippen LogP) is 2.67. The summed E-state index contributed by atoms with van der Waals surface area (Å²) in [5.41, 5.74) is 2.06. The number of hydrogen-bond acceptors (Lipinski definition) is 9. The van der Waals surface area contributed by atoms with Crippen molar-refractivity contribution in [2.45, 2.75) is 59.0 Å². The fourth-order valence-electron chi connectivity index (χ4n) is 5.13. The van der Waals surface area contributed by atoms with Crippen molar-refractivity contribution in [1.29, 1.82) is 0 Å². The minimum atomic E-state index is -0.232. The summed E-state index contributed by atoms with van der Waals surface area (Å²) in [4.78, 5) is 35.8. The van der Waals surface area contributed by atoms with Crippen LogP contribution >= 0.6 is 0 Å². The second-order valence-electron chi connectivity index (χ2n) is 9.74. The smallest absolute Gasteiger partial charge is 0.307 e. The number of nitrogens with one attached hydrogen (secondary N) is 1. The Labute approximate surface area is 203 Å². The topological polar surface area (TPSA) is 128 Å². The van der Waals surface area contributed by atoms with Gasteiger partial charge >= 0.3 is 5.97 Å². The summed E-state index contributed by atoms with van der Waals surface area (Å²) < 4.78 is 12.5. The van der Waals surface area contributed by atoms with Crippen molar-refractivity contribution >= 4 is 28.6 Å². The van der Waals surface area contributed by atoms with E-state index in [0.717, 1.165) is 36.2 Å². The molecule has 2 aliphatic heterocycles. The van der Waals surface area contributed by atoms with Crippen LogP contribution in [0.2, 0.25) is 0 Å². The van der Waals surface area contributed by atoms with E-state index in [2.05, 4.69) is 39.4 Å². The number of nitrogens with zero attached hydrogens (tertiary/aromatic N) is 6. The number of aryl methyl sites for hydroxylation is 1. The van der Waals surface area contributed by atoms with E-state index >= 15 is 0 Å². The van der Waals surface area contributed by atoms with Gasteiger partial charge < -0.3 is 19.5 Å². The van der Waals surface area contributed by atoms with Crippen molar-refractivity contribution in [2.75, 3.05) is 25.0 Å². The van der Waals surface area contributed by atoms with Gasteiger partial charge in [0.2, 0.25) is 5.91 Å². The second-order valence-corrected chi connectivity index (χ2v) is 9.74. The van der Waals surface area contributed by atoms with Gasteiger partial charge in [-0.05, 0) is 25.2 Å². The Hall–Kier alpha value is -3.50. The summed E-state index contributed by atoms with van der Waals surface area (Å²) >= 11 is 0. The number of piperidine rings is 1. The molecule has 5 rings (SSSR count). The summed E-state index contributed by atoms with van der Waals surface area (Å²) in [6, 6.07) is -0.0994. The number of carbonyl (C=O) groups excluding carboxylic acids is 2. The Kier molecular flexibility index (Phi) is 6.40. The van der Waals surface area contributed by atoms with Gasteiger partial charge in [0.1, 0.15) is 0 Å². The van der Waals surface area contributed by atoms with Crippen molar-refractivity contribution in [2.24, 2.45) is 11.8 Å². The number of rotatable bonds is 6. The van der Waals surface area contributed by atoms with Crippen molar-refractivity contribution < 1.29 is 18.8 Å². The van der Waals surface area contributed by atoms with Gasteiger partial charge in [0.15, 0.2) is 11.5 Å². The third kappa shape index (κ3) is 4.85. The maximum absolute atomic E-state index is 12.9. The van der Waals surface area contributed by atoms with E-state index in [-0.39, 0.29) is 36.7 Å². The van der Waals surface area contributed by atoms with E-state index in [9.17, 15) is 9.59 Å². The lowest BCUT2D eigenvalue weighted by Gasteiger charge is -2.34. The zero-order valence-electron chi connectivity index (χ0n) is 20.4. The highest BCUT2D eigenvalue weighted by Crippen LogP contribution is 2.34. The number of carbonyl (C=O) groups is 2. The monoisotopic (exact) mass is 481 g/mol. The molecule has 186 valence electrons. The summed E-state index contributed by atoms with van der Waals surface area (Å²) in [5, 5.41) is 12.8. The molecule has 3 atom stereocenters. The number of esters is 1. The number of ether oxygens (including phenoxy) is 1. The maximum Gasteiger partial charge on any atom is 0.307 e. The largest absolute Gasteiger partial charge is 0.466 e. The number of cyclic esters (lactones) is 1. The normalized spacial score (nSPS) is 22.9. The molecule has 0 aromatic carbocycles. The Morgan fingerprint density at radius 1 is 1.23 bits per heavy atom. The zero-order valence-corrected chi connectivity index (χ0v) is 20.4. The molecule has 2 saturated heterocycles. The van der Waals surface area contributed by atoms with Gasteiger partial charge in [-0.15, -0.1) is 0 Å². The molecule has 11 nitrogen and oxygen atoms in total. The fraction of sp³-hybridized carbons (Fsp3) is 0.583. The third-order valence-corrected chi connectivity index (χ3v) is 6.69. The maximum atomic E-state index is 12.9. The number of anilines is 1. The van der Waals surface area contributed by atoms with E-state index in [1.165, 1.54) is 0 Å². The molecular weight excluding hydrogens is 450 g/mol. The van der Waals surface area contributed by atoms with E-state index in [1.807, 2.05) is 11.8 Å². The van der Waals surface area contributed by atoms with Crippen LogP contribution in [0, 0.1) is 11.8 Å². The number of hydrogen-bond donors (Lipinski definition) is 1. The number of pyridine rings is 1. The van der Waals surface area contributed by atoms with Crippen LogP contribution in [0.15, 0.2) is 16.9 Å². The molecule has 35 heavy (non-hydrogen) atoms. The average Bonchev–Trinajstić information content (AvgIpc) is 3.45. The van der Waals surface area contributed by atoms with Crippen molar-refractivity contribution in [3.8, 4) is 11.5 Å². The molecule has 3 unspecified atom stereocenters. The quantitative estimate of drug-likeness (QED) is 0.528. The van der Waals surface area contributed by atoms with Gasteiger partial charge in [0, 0.05) is 38.3 Å². The first-order valence-electron chi connectivity index (χ1n) is 12.3. The first-order valence-corrected chi connectivity index (χ1v) is 12.3. The summed E-state index contributed by atoms with van der Waals surface area (Å²) in [7, 11) is 0. The van der Waals surface area contributed by atoms with Crippen molar-refractivity contribution in [3.63, 3.8) is 0 Å². The van der Waals surface area contributed by atoms with Gasteiger partial charge in [0.25, 0.3) is 5.89 Å². The van der Waals surface area contributed by atoms with Crippen LogP contribution in [-0.2, 0) is 27.3 Å². The summed E-state index contributed by atoms with van der Waals surface area (Å²) in [6.45, 7) is 8.90. The molecule has 0 saturated carbocycles. The highest BCUT2D eigenvalue weighted by Gasteiger charge is 2.28. The third-order valence-electron chi connectivity index (χ3n) is 6.69. The van der Waals surface area contributed by atoms with Crippen LogP contribution in [-0.4, -0.2) is 67.4 Å². The molecule has 3 aromatic rings. The molecule has 0 bridgehead atoms. The van der Waals surface area contributed by atoms with Gasteiger partial charge in [-0.2, -0.15) is 10.1 Å². The van der Waals surface area contributed by atoms with Gasteiger partial charge in [-0.1, -0.05) is 19.0 Å².